The number of ether oxygens (including phenoxy) is 2. The Balaban J connectivity index is 1.11. The van der Waals surface area contributed by atoms with E-state index in [9.17, 15) is 18.0 Å². The summed E-state index contributed by atoms with van der Waals surface area (Å²) in [5, 5.41) is 0. The van der Waals surface area contributed by atoms with Gasteiger partial charge in [0.25, 0.3) is 0 Å². The first kappa shape index (κ1) is 28.4. The minimum Gasteiger partial charge on any atom is -0.454 e. The quantitative estimate of drug-likeness (QED) is 0.475. The zero-order valence-electron chi connectivity index (χ0n) is 23.2. The lowest BCUT2D eigenvalue weighted by Gasteiger charge is -2.39. The molecule has 2 amide bonds. The van der Waals surface area contributed by atoms with Crippen molar-refractivity contribution in [3.8, 4) is 11.5 Å². The Bertz CT molecular complexity index is 1460. The van der Waals surface area contributed by atoms with Gasteiger partial charge in [-0.25, -0.2) is 8.42 Å². The van der Waals surface area contributed by atoms with Crippen molar-refractivity contribution in [2.75, 3.05) is 57.5 Å². The lowest BCUT2D eigenvalue weighted by atomic mass is 9.97. The van der Waals surface area contributed by atoms with Crippen LogP contribution in [0.4, 0.5) is 5.69 Å². The van der Waals surface area contributed by atoms with Crippen LogP contribution in [0.5, 0.6) is 11.5 Å². The Morgan fingerprint density at radius 3 is 2.56 bits per heavy atom. The van der Waals surface area contributed by atoms with Crippen molar-refractivity contribution >= 4 is 43.5 Å². The van der Waals surface area contributed by atoms with Gasteiger partial charge in [0.2, 0.25) is 28.6 Å². The van der Waals surface area contributed by atoms with Crippen molar-refractivity contribution in [1.82, 2.24) is 14.1 Å². The zero-order valence-corrected chi connectivity index (χ0v) is 25.6. The smallest absolute Gasteiger partial charge is 0.245 e. The predicted octanol–water partition coefficient (Wildman–Crippen LogP) is 3.22. The minimum absolute atomic E-state index is 0.0230. The van der Waals surface area contributed by atoms with E-state index in [4.69, 9.17) is 9.47 Å². The Labute approximate surface area is 249 Å². The van der Waals surface area contributed by atoms with Crippen LogP contribution in [0.25, 0.3) is 0 Å². The van der Waals surface area contributed by atoms with Gasteiger partial charge in [-0.05, 0) is 54.7 Å². The van der Waals surface area contributed by atoms with Gasteiger partial charge in [-0.1, -0.05) is 28.9 Å². The molecule has 2 saturated heterocycles. The highest BCUT2D eigenvalue weighted by Crippen LogP contribution is 2.40. The summed E-state index contributed by atoms with van der Waals surface area (Å²) < 4.78 is 41.0. The van der Waals surface area contributed by atoms with Crippen molar-refractivity contribution in [3.05, 3.63) is 45.9 Å². The topological polar surface area (TPSA) is 99.7 Å². The average Bonchev–Trinajstić information content (AvgIpc) is 3.63. The maximum atomic E-state index is 14.0. The summed E-state index contributed by atoms with van der Waals surface area (Å²) in [6, 6.07) is 9.48. The molecule has 0 N–H and O–H groups in total. The fraction of sp³-hybridized carbons (Fsp3) is 0.517. The largest absolute Gasteiger partial charge is 0.454 e. The summed E-state index contributed by atoms with van der Waals surface area (Å²) >= 11 is 3.47. The van der Waals surface area contributed by atoms with Gasteiger partial charge in [-0.15, -0.1) is 0 Å². The first-order chi connectivity index (χ1) is 19.7. The molecular formula is C29H35BrN4O6S. The van der Waals surface area contributed by atoms with Gasteiger partial charge < -0.3 is 19.3 Å². The van der Waals surface area contributed by atoms with E-state index in [1.165, 1.54) is 4.31 Å². The monoisotopic (exact) mass is 646 g/mol. The molecule has 0 spiro atoms. The number of piperidine rings is 1. The lowest BCUT2D eigenvalue weighted by Crippen LogP contribution is -2.52. The van der Waals surface area contributed by atoms with Crippen molar-refractivity contribution in [1.29, 1.82) is 0 Å². The standard InChI is InChI=1S/C29H35BrN4O6S/c1-2-27(35)34-9-7-21-15-23(30)16-26(28(21)34)41(37,38)33-8-3-4-22(18-33)29(36)32-12-10-31(11-13-32)17-20-5-6-24-25(14-20)40-19-39-24/h5-6,14-16,22H,2-4,7-13,17-19H2,1H3. The number of hydrogen-bond donors (Lipinski definition) is 0. The molecule has 12 heteroatoms. The molecule has 4 aliphatic rings. The number of fused-ring (bicyclic) bond motifs is 2. The first-order valence-electron chi connectivity index (χ1n) is 14.3. The third-order valence-corrected chi connectivity index (χ3v) is 10.8. The minimum atomic E-state index is -3.92. The normalized spacial score (nSPS) is 21.3. The first-order valence-corrected chi connectivity index (χ1v) is 16.5. The van der Waals surface area contributed by atoms with E-state index in [0.29, 0.717) is 62.0 Å². The molecule has 0 bridgehead atoms. The number of carbonyl (C=O) groups is 2. The SMILES string of the molecule is CCC(=O)N1CCc2cc(Br)cc(S(=O)(=O)N3CCCC(C(=O)N4CCN(Cc5ccc6c(c5)OCO6)CC4)C3)c21. The Morgan fingerprint density at radius 2 is 1.78 bits per heavy atom. The highest BCUT2D eigenvalue weighted by atomic mass is 79.9. The fourth-order valence-electron chi connectivity index (χ4n) is 6.29. The highest BCUT2D eigenvalue weighted by Gasteiger charge is 2.39. The fourth-order valence-corrected chi connectivity index (χ4v) is 8.73. The number of halogens is 1. The zero-order chi connectivity index (χ0) is 28.7. The van der Waals surface area contributed by atoms with E-state index >= 15 is 0 Å². The maximum absolute atomic E-state index is 14.0. The van der Waals surface area contributed by atoms with Crippen molar-refractivity contribution in [2.45, 2.75) is 44.0 Å². The third-order valence-electron chi connectivity index (χ3n) is 8.48. The molecule has 10 nitrogen and oxygen atoms in total. The van der Waals surface area contributed by atoms with Gasteiger partial charge in [0, 0.05) is 63.3 Å². The van der Waals surface area contributed by atoms with Crippen LogP contribution in [0, 0.1) is 5.92 Å². The lowest BCUT2D eigenvalue weighted by molar-refractivity contribution is -0.138. The van der Waals surface area contributed by atoms with Crippen LogP contribution in [0.2, 0.25) is 0 Å². The molecule has 0 radical (unpaired) electrons. The summed E-state index contributed by atoms with van der Waals surface area (Å²) in [4.78, 5) is 32.2. The highest BCUT2D eigenvalue weighted by molar-refractivity contribution is 9.10. The number of benzene rings is 2. The number of carbonyl (C=O) groups excluding carboxylic acids is 2. The van der Waals surface area contributed by atoms with Crippen LogP contribution in [0.1, 0.15) is 37.3 Å². The van der Waals surface area contributed by atoms with Gasteiger partial charge in [-0.3, -0.25) is 14.5 Å². The van der Waals surface area contributed by atoms with Crippen LogP contribution in [-0.2, 0) is 32.6 Å². The Hall–Kier alpha value is -2.67. The van der Waals surface area contributed by atoms with E-state index in [0.717, 1.165) is 42.3 Å². The van der Waals surface area contributed by atoms with Crippen LogP contribution in [-0.4, -0.2) is 86.9 Å². The number of sulfonamides is 1. The molecule has 2 aromatic rings. The molecule has 220 valence electrons. The molecule has 0 saturated carbocycles. The van der Waals surface area contributed by atoms with E-state index in [-0.39, 0.29) is 36.0 Å². The van der Waals surface area contributed by atoms with Crippen molar-refractivity contribution in [3.63, 3.8) is 0 Å². The maximum Gasteiger partial charge on any atom is 0.245 e. The summed E-state index contributed by atoms with van der Waals surface area (Å²) in [6.45, 7) is 6.51. The second kappa shape index (κ2) is 11.5. The van der Waals surface area contributed by atoms with Crippen LogP contribution in [0.3, 0.4) is 0 Å². The number of hydrogen-bond acceptors (Lipinski definition) is 7. The van der Waals surface area contributed by atoms with Crippen LogP contribution < -0.4 is 14.4 Å². The molecule has 4 heterocycles. The molecule has 2 fully saturated rings. The summed E-state index contributed by atoms with van der Waals surface area (Å²) in [5.41, 5.74) is 2.48. The van der Waals surface area contributed by atoms with Gasteiger partial charge in [-0.2, -0.15) is 4.31 Å². The number of amides is 2. The molecule has 1 unspecified atom stereocenters. The average molecular weight is 648 g/mol. The molecule has 41 heavy (non-hydrogen) atoms. The van der Waals surface area contributed by atoms with E-state index < -0.39 is 10.0 Å². The van der Waals surface area contributed by atoms with E-state index in [1.807, 2.05) is 29.2 Å². The summed E-state index contributed by atoms with van der Waals surface area (Å²) in [7, 11) is -3.92. The van der Waals surface area contributed by atoms with Crippen LogP contribution >= 0.6 is 15.9 Å². The number of nitrogens with zero attached hydrogens (tertiary/aromatic N) is 4. The number of piperazine rings is 1. The molecule has 2 aromatic carbocycles. The third kappa shape index (κ3) is 5.59. The molecular weight excluding hydrogens is 612 g/mol. The molecule has 6 rings (SSSR count). The van der Waals surface area contributed by atoms with E-state index in [1.54, 1.807) is 17.9 Å². The predicted molar refractivity (Wildman–Crippen MR) is 156 cm³/mol. The molecule has 0 aromatic heterocycles. The summed E-state index contributed by atoms with van der Waals surface area (Å²) in [6.07, 6.45) is 2.21. The van der Waals surface area contributed by atoms with Gasteiger partial charge >= 0.3 is 0 Å². The van der Waals surface area contributed by atoms with E-state index in [2.05, 4.69) is 20.8 Å². The molecule has 4 aliphatic heterocycles. The Morgan fingerprint density at radius 1 is 1.00 bits per heavy atom. The molecule has 0 aliphatic carbocycles. The summed E-state index contributed by atoms with van der Waals surface area (Å²) in [5.74, 6) is 1.09. The second-order valence-electron chi connectivity index (χ2n) is 11.1. The van der Waals surface area contributed by atoms with Crippen LogP contribution in [0.15, 0.2) is 39.7 Å². The van der Waals surface area contributed by atoms with Gasteiger partial charge in [0.15, 0.2) is 11.5 Å². The second-order valence-corrected chi connectivity index (χ2v) is 13.9. The number of anilines is 1. The van der Waals surface area contributed by atoms with Gasteiger partial charge in [0.05, 0.1) is 11.6 Å². The van der Waals surface area contributed by atoms with Crippen molar-refractivity contribution in [2.24, 2.45) is 5.92 Å². The Kier molecular flexibility index (Phi) is 8.01. The van der Waals surface area contributed by atoms with Gasteiger partial charge in [0.1, 0.15) is 4.90 Å². The van der Waals surface area contributed by atoms with Crippen molar-refractivity contribution < 1.29 is 27.5 Å². The number of rotatable bonds is 6. The molecule has 1 atom stereocenters.